The number of ether oxygens (including phenoxy) is 1. The minimum atomic E-state index is -4.98. The molecule has 1 unspecified atom stereocenters. The Morgan fingerprint density at radius 3 is 2.39 bits per heavy atom. The van der Waals surface area contributed by atoms with Crippen molar-refractivity contribution in [1.82, 2.24) is 9.80 Å². The van der Waals surface area contributed by atoms with E-state index in [0.29, 0.717) is 35.5 Å². The lowest BCUT2D eigenvalue weighted by Crippen LogP contribution is -2.46. The summed E-state index contributed by atoms with van der Waals surface area (Å²) in [5, 5.41) is 0. The molecule has 1 heterocycles. The maximum atomic E-state index is 13.3. The number of nitrogens with zero attached hydrogens (tertiary/aromatic N) is 2. The van der Waals surface area contributed by atoms with Gasteiger partial charge in [-0.1, -0.05) is 12.1 Å². The van der Waals surface area contributed by atoms with Gasteiger partial charge in [0.05, 0.1) is 13.2 Å². The van der Waals surface area contributed by atoms with E-state index in [9.17, 15) is 22.8 Å². The third-order valence-electron chi connectivity index (χ3n) is 5.52. The van der Waals surface area contributed by atoms with Crippen LogP contribution in [0, 0.1) is 6.07 Å². The molecule has 1 aliphatic heterocycles. The average Bonchev–Trinajstić information content (AvgIpc) is 2.77. The van der Waals surface area contributed by atoms with Crippen LogP contribution in [-0.4, -0.2) is 54.5 Å². The molecule has 3 rings (SSSR count). The molecule has 0 N–H and O–H groups in total. The van der Waals surface area contributed by atoms with Gasteiger partial charge in [0, 0.05) is 31.3 Å². The van der Waals surface area contributed by atoms with E-state index in [1.54, 1.807) is 41.3 Å². The van der Waals surface area contributed by atoms with Gasteiger partial charge < -0.3 is 14.5 Å². The van der Waals surface area contributed by atoms with E-state index in [2.05, 4.69) is 6.07 Å². The molecule has 0 aromatic heterocycles. The Morgan fingerprint density at radius 2 is 1.84 bits per heavy atom. The lowest BCUT2D eigenvalue weighted by Gasteiger charge is -2.38. The van der Waals surface area contributed by atoms with Crippen molar-refractivity contribution in [2.75, 3.05) is 26.7 Å². The highest BCUT2D eigenvalue weighted by Gasteiger charge is 2.46. The van der Waals surface area contributed by atoms with Crippen molar-refractivity contribution in [2.24, 2.45) is 0 Å². The van der Waals surface area contributed by atoms with Crippen molar-refractivity contribution in [2.45, 2.75) is 32.5 Å². The van der Waals surface area contributed by atoms with Crippen molar-refractivity contribution in [1.29, 1.82) is 0 Å². The molecule has 0 fully saturated rings. The van der Waals surface area contributed by atoms with Crippen LogP contribution in [0.3, 0.4) is 0 Å². The predicted octanol–water partition coefficient (Wildman–Crippen LogP) is 4.01. The molecule has 0 bridgehead atoms. The van der Waals surface area contributed by atoms with Crippen LogP contribution in [0.4, 0.5) is 13.2 Å². The predicted molar refractivity (Wildman–Crippen MR) is 109 cm³/mol. The minimum Gasteiger partial charge on any atom is -0.496 e. The number of carbonyl (C=O) groups is 2. The van der Waals surface area contributed by atoms with E-state index in [4.69, 9.17) is 4.74 Å². The minimum absolute atomic E-state index is 0.0801. The van der Waals surface area contributed by atoms with Crippen LogP contribution in [0.5, 0.6) is 5.75 Å². The summed E-state index contributed by atoms with van der Waals surface area (Å²) < 4.78 is 45.0. The summed E-state index contributed by atoms with van der Waals surface area (Å²) in [5.41, 5.74) is 2.30. The Kier molecular flexibility index (Phi) is 6.57. The van der Waals surface area contributed by atoms with Gasteiger partial charge >= 0.3 is 12.1 Å². The van der Waals surface area contributed by atoms with Gasteiger partial charge in [-0.05, 0) is 61.2 Å². The molecule has 2 aromatic carbocycles. The number of alkyl halides is 3. The Hall–Kier alpha value is -3.03. The number of hydrogen-bond acceptors (Lipinski definition) is 3. The molecule has 0 spiro atoms. The molecule has 0 aliphatic carbocycles. The number of benzene rings is 2. The zero-order valence-electron chi connectivity index (χ0n) is 17.6. The summed E-state index contributed by atoms with van der Waals surface area (Å²) in [5.74, 6) is -1.56. The second-order valence-electron chi connectivity index (χ2n) is 7.23. The number of methoxy groups -OCH3 is 1. The number of rotatable bonds is 5. The fourth-order valence-corrected chi connectivity index (χ4v) is 3.89. The molecule has 1 atom stereocenters. The van der Waals surface area contributed by atoms with E-state index in [0.717, 1.165) is 10.5 Å². The molecule has 1 radical (unpaired) electrons. The number of carbonyl (C=O) groups excluding carboxylic acids is 2. The lowest BCUT2D eigenvalue weighted by atomic mass is 9.87. The van der Waals surface area contributed by atoms with Crippen LogP contribution in [0.2, 0.25) is 0 Å². The third-order valence-corrected chi connectivity index (χ3v) is 5.52. The molecule has 5 nitrogen and oxygen atoms in total. The fourth-order valence-electron chi connectivity index (χ4n) is 3.89. The monoisotopic (exact) mass is 433 g/mol. The van der Waals surface area contributed by atoms with Gasteiger partial charge in [-0.3, -0.25) is 9.59 Å². The highest BCUT2D eigenvalue weighted by Crippen LogP contribution is 2.38. The summed E-state index contributed by atoms with van der Waals surface area (Å²) in [6.45, 7) is 4.78. The summed E-state index contributed by atoms with van der Waals surface area (Å²) in [6, 6.07) is 11.7. The van der Waals surface area contributed by atoms with E-state index >= 15 is 0 Å². The number of hydrogen-bond donors (Lipinski definition) is 0. The first-order valence-electron chi connectivity index (χ1n) is 10.1. The molecule has 1 aliphatic rings. The molecule has 2 aromatic rings. The first-order valence-corrected chi connectivity index (χ1v) is 10.1. The van der Waals surface area contributed by atoms with Crippen LogP contribution in [0.1, 0.15) is 46.9 Å². The van der Waals surface area contributed by atoms with E-state index < -0.39 is 18.1 Å². The van der Waals surface area contributed by atoms with Gasteiger partial charge in [-0.2, -0.15) is 13.2 Å². The van der Waals surface area contributed by atoms with Gasteiger partial charge in [0.25, 0.3) is 5.91 Å². The Morgan fingerprint density at radius 1 is 1.19 bits per heavy atom. The van der Waals surface area contributed by atoms with Crippen molar-refractivity contribution < 1.29 is 27.5 Å². The van der Waals surface area contributed by atoms with E-state index in [1.807, 2.05) is 13.8 Å². The van der Waals surface area contributed by atoms with E-state index in [1.165, 1.54) is 7.11 Å². The second-order valence-corrected chi connectivity index (χ2v) is 7.23. The second kappa shape index (κ2) is 8.99. The molecule has 2 amide bonds. The topological polar surface area (TPSA) is 49.9 Å². The van der Waals surface area contributed by atoms with Gasteiger partial charge in [0.1, 0.15) is 5.75 Å². The zero-order valence-corrected chi connectivity index (χ0v) is 17.6. The van der Waals surface area contributed by atoms with Crippen molar-refractivity contribution in [3.8, 4) is 5.75 Å². The molecule has 165 valence electrons. The fraction of sp³-hybridized carbons (Fsp3) is 0.391. The van der Waals surface area contributed by atoms with Crippen LogP contribution >= 0.6 is 0 Å². The van der Waals surface area contributed by atoms with Gasteiger partial charge in [0.2, 0.25) is 0 Å². The van der Waals surface area contributed by atoms with Crippen molar-refractivity contribution in [3.05, 3.63) is 64.7 Å². The molecule has 31 heavy (non-hydrogen) atoms. The maximum Gasteiger partial charge on any atom is 0.471 e. The molecule has 0 saturated heterocycles. The molecule has 0 saturated carbocycles. The summed E-state index contributed by atoms with van der Waals surface area (Å²) >= 11 is 0. The number of halogens is 3. The average molecular weight is 433 g/mol. The standard InChI is InChI=1S/C23H24F3N2O3/c1-4-27(5-2)21(29)16-8-6-15(7-9-16)20-19-11-10-18(31-3)14-17(19)12-13-28(20)22(30)23(24,25)26/h6-9,11,14,20H,4-5,12-13H2,1-3H3. The van der Waals surface area contributed by atoms with Crippen LogP contribution in [0.25, 0.3) is 0 Å². The molecule has 8 heteroatoms. The third kappa shape index (κ3) is 4.52. The van der Waals surface area contributed by atoms with Crippen LogP contribution in [0.15, 0.2) is 36.4 Å². The number of amides is 2. The Balaban J connectivity index is 2.03. The Labute approximate surface area is 179 Å². The van der Waals surface area contributed by atoms with Gasteiger partial charge in [-0.15, -0.1) is 0 Å². The highest BCUT2D eigenvalue weighted by molar-refractivity contribution is 5.94. The first-order chi connectivity index (χ1) is 14.7. The summed E-state index contributed by atoms with van der Waals surface area (Å²) in [4.78, 5) is 27.2. The van der Waals surface area contributed by atoms with E-state index in [-0.39, 0.29) is 18.9 Å². The lowest BCUT2D eigenvalue weighted by molar-refractivity contribution is -0.187. The number of fused-ring (bicyclic) bond motifs is 1. The van der Waals surface area contributed by atoms with Gasteiger partial charge in [-0.25, -0.2) is 0 Å². The SMILES string of the molecule is CCN(CC)C(=O)c1ccc(C2c3c[c]c(OC)cc3CCN2C(=O)C(F)(F)F)cc1. The largest absolute Gasteiger partial charge is 0.496 e. The smallest absolute Gasteiger partial charge is 0.471 e. The summed E-state index contributed by atoms with van der Waals surface area (Å²) in [6.07, 6.45) is -4.71. The highest BCUT2D eigenvalue weighted by atomic mass is 19.4. The zero-order chi connectivity index (χ0) is 22.8. The van der Waals surface area contributed by atoms with Crippen molar-refractivity contribution in [3.63, 3.8) is 0 Å². The normalized spacial score (nSPS) is 15.9. The van der Waals surface area contributed by atoms with Crippen LogP contribution < -0.4 is 4.74 Å². The Bertz CT molecular complexity index is 954. The quantitative estimate of drug-likeness (QED) is 0.716. The van der Waals surface area contributed by atoms with Crippen LogP contribution in [-0.2, 0) is 11.2 Å². The molecular weight excluding hydrogens is 409 g/mol. The maximum absolute atomic E-state index is 13.3. The van der Waals surface area contributed by atoms with Crippen molar-refractivity contribution >= 4 is 11.8 Å². The molecular formula is C23H24F3N2O3. The van der Waals surface area contributed by atoms with Gasteiger partial charge in [0.15, 0.2) is 0 Å². The first kappa shape index (κ1) is 22.7. The summed E-state index contributed by atoms with van der Waals surface area (Å²) in [7, 11) is 1.49.